The van der Waals surface area contributed by atoms with Crippen molar-refractivity contribution in [3.8, 4) is 17.2 Å². The minimum absolute atomic E-state index is 0.119. The third-order valence-electron chi connectivity index (χ3n) is 4.85. The van der Waals surface area contributed by atoms with E-state index in [4.69, 9.17) is 9.47 Å². The van der Waals surface area contributed by atoms with Crippen molar-refractivity contribution in [2.45, 2.75) is 59.9 Å². The Balaban J connectivity index is 2.37. The third kappa shape index (κ3) is 5.89. The highest BCUT2D eigenvalue weighted by atomic mass is 16.5. The summed E-state index contributed by atoms with van der Waals surface area (Å²) in [5.41, 5.74) is 2.97. The van der Waals surface area contributed by atoms with E-state index in [1.807, 2.05) is 6.08 Å². The van der Waals surface area contributed by atoms with E-state index >= 15 is 0 Å². The van der Waals surface area contributed by atoms with Crippen molar-refractivity contribution in [3.05, 3.63) is 51.9 Å². The Hall–Kier alpha value is -2.69. The highest BCUT2D eigenvalue weighted by molar-refractivity contribution is 5.89. The molecule has 0 atom stereocenters. The van der Waals surface area contributed by atoms with E-state index in [0.29, 0.717) is 24.4 Å². The fraction of sp³-hybridized carbons (Fsp3) is 0.458. The molecule has 0 saturated heterocycles. The number of aromatic nitrogens is 1. The van der Waals surface area contributed by atoms with E-state index in [1.165, 1.54) is 18.3 Å². The molecule has 0 aliphatic heterocycles. The molecular weight excluding hydrogens is 366 g/mol. The molecule has 0 aliphatic rings. The van der Waals surface area contributed by atoms with Crippen LogP contribution >= 0.6 is 0 Å². The number of aryl methyl sites for hydroxylation is 1. The predicted octanol–water partition coefficient (Wildman–Crippen LogP) is 5.59. The van der Waals surface area contributed by atoms with Crippen LogP contribution in [-0.2, 0) is 6.54 Å². The first kappa shape index (κ1) is 22.6. The number of ether oxygens (including phenoxy) is 2. The number of hydrogen-bond acceptors (Lipinski definition) is 4. The average molecular weight is 400 g/mol. The summed E-state index contributed by atoms with van der Waals surface area (Å²) in [6.07, 6.45) is 8.05. The summed E-state index contributed by atoms with van der Waals surface area (Å²) in [5.74, 6) is 0.747. The Bertz CT molecular complexity index is 949. The Morgan fingerprint density at radius 2 is 1.93 bits per heavy atom. The summed E-state index contributed by atoms with van der Waals surface area (Å²) in [7, 11) is 1.49. The van der Waals surface area contributed by atoms with Gasteiger partial charge in [0.25, 0.3) is 5.56 Å². The minimum atomic E-state index is -0.238. The summed E-state index contributed by atoms with van der Waals surface area (Å²) < 4.78 is 13.1. The normalized spacial score (nSPS) is 11.6. The quantitative estimate of drug-likeness (QED) is 0.529. The summed E-state index contributed by atoms with van der Waals surface area (Å²) in [5, 5.41) is 10.7. The van der Waals surface area contributed by atoms with Crippen molar-refractivity contribution in [1.82, 2.24) is 4.57 Å². The first-order valence-corrected chi connectivity index (χ1v) is 10.2. The number of allylic oxidation sites excluding steroid dienone is 3. The number of rotatable bonds is 10. The topological polar surface area (TPSA) is 60.7 Å². The predicted molar refractivity (Wildman–Crippen MR) is 119 cm³/mol. The lowest BCUT2D eigenvalue weighted by Crippen LogP contribution is -2.23. The van der Waals surface area contributed by atoms with Crippen LogP contribution in [0.4, 0.5) is 0 Å². The van der Waals surface area contributed by atoms with Crippen LogP contribution in [0.25, 0.3) is 10.9 Å². The van der Waals surface area contributed by atoms with Gasteiger partial charge < -0.3 is 19.1 Å². The maximum absolute atomic E-state index is 13.0. The van der Waals surface area contributed by atoms with Crippen molar-refractivity contribution in [3.63, 3.8) is 0 Å². The van der Waals surface area contributed by atoms with Gasteiger partial charge in [0.1, 0.15) is 12.4 Å². The smallest absolute Gasteiger partial charge is 0.297 e. The summed E-state index contributed by atoms with van der Waals surface area (Å²) in [6.45, 7) is 9.27. The van der Waals surface area contributed by atoms with Gasteiger partial charge in [0, 0.05) is 18.0 Å². The molecule has 1 heterocycles. The lowest BCUT2D eigenvalue weighted by atomic mass is 10.1. The molecule has 0 fully saturated rings. The van der Waals surface area contributed by atoms with Crippen molar-refractivity contribution < 1.29 is 14.6 Å². The van der Waals surface area contributed by atoms with E-state index < -0.39 is 0 Å². The SMILES string of the molecule is CCCCn1c(=O)c(OC)c(OC/C=C(\C)CCC=C(C)C)c2ccc(O)cc21. The van der Waals surface area contributed by atoms with Crippen molar-refractivity contribution in [1.29, 1.82) is 0 Å². The molecule has 0 unspecified atom stereocenters. The van der Waals surface area contributed by atoms with Gasteiger partial charge in [0.2, 0.25) is 5.75 Å². The number of aromatic hydroxyl groups is 1. The van der Waals surface area contributed by atoms with Gasteiger partial charge in [0.15, 0.2) is 5.75 Å². The second kappa shape index (κ2) is 10.7. The molecular formula is C24H33NO4. The first-order chi connectivity index (χ1) is 13.9. The molecule has 0 amide bonds. The number of phenolic OH excluding ortho intramolecular Hbond substituents is 1. The standard InChI is InChI=1S/C24H33NO4/c1-6-7-14-25-21-16-19(26)11-12-20(21)22(23(28-5)24(25)27)29-15-13-18(4)10-8-9-17(2)3/h9,11-13,16,26H,6-8,10,14-15H2,1-5H3/b18-13+. The maximum atomic E-state index is 13.0. The summed E-state index contributed by atoms with van der Waals surface area (Å²) in [6, 6.07) is 4.98. The zero-order valence-electron chi connectivity index (χ0n) is 18.2. The number of unbranched alkanes of at least 4 members (excludes halogenated alkanes) is 1. The van der Waals surface area contributed by atoms with Gasteiger partial charge in [-0.05, 0) is 58.2 Å². The number of fused-ring (bicyclic) bond motifs is 1. The molecule has 1 N–H and O–H groups in total. The molecule has 2 aromatic rings. The molecule has 0 bridgehead atoms. The van der Waals surface area contributed by atoms with E-state index in [1.54, 1.807) is 22.8 Å². The van der Waals surface area contributed by atoms with Gasteiger partial charge in [0.05, 0.1) is 12.6 Å². The molecule has 0 aliphatic carbocycles. The third-order valence-corrected chi connectivity index (χ3v) is 4.85. The molecule has 1 aromatic carbocycles. The number of phenols is 1. The maximum Gasteiger partial charge on any atom is 0.297 e. The number of hydrogen-bond donors (Lipinski definition) is 1. The minimum Gasteiger partial charge on any atom is -0.508 e. The van der Waals surface area contributed by atoms with Crippen LogP contribution in [0.15, 0.2) is 46.3 Å². The largest absolute Gasteiger partial charge is 0.508 e. The van der Waals surface area contributed by atoms with Crippen LogP contribution in [0.3, 0.4) is 0 Å². The summed E-state index contributed by atoms with van der Waals surface area (Å²) >= 11 is 0. The summed E-state index contributed by atoms with van der Waals surface area (Å²) in [4.78, 5) is 13.0. The van der Waals surface area contributed by atoms with Gasteiger partial charge in [-0.25, -0.2) is 0 Å². The van der Waals surface area contributed by atoms with E-state index in [2.05, 4.69) is 33.8 Å². The number of nitrogens with zero attached hydrogens (tertiary/aromatic N) is 1. The second-order valence-corrected chi connectivity index (χ2v) is 7.56. The molecule has 1 aromatic heterocycles. The molecule has 29 heavy (non-hydrogen) atoms. The lowest BCUT2D eigenvalue weighted by molar-refractivity contribution is 0.324. The fourth-order valence-electron chi connectivity index (χ4n) is 3.21. The van der Waals surface area contributed by atoms with Crippen LogP contribution in [-0.4, -0.2) is 23.4 Å². The Labute approximate surface area is 173 Å². The van der Waals surface area contributed by atoms with Crippen molar-refractivity contribution >= 4 is 10.9 Å². The van der Waals surface area contributed by atoms with Crippen molar-refractivity contribution in [2.75, 3.05) is 13.7 Å². The van der Waals surface area contributed by atoms with Crippen molar-refractivity contribution in [2.24, 2.45) is 0 Å². The van der Waals surface area contributed by atoms with E-state index in [-0.39, 0.29) is 17.1 Å². The van der Waals surface area contributed by atoms with Crippen LogP contribution < -0.4 is 15.0 Å². The zero-order chi connectivity index (χ0) is 21.4. The molecule has 5 nitrogen and oxygen atoms in total. The molecule has 5 heteroatoms. The second-order valence-electron chi connectivity index (χ2n) is 7.56. The van der Waals surface area contributed by atoms with Crippen LogP contribution in [0, 0.1) is 0 Å². The highest BCUT2D eigenvalue weighted by Gasteiger charge is 2.19. The van der Waals surface area contributed by atoms with Gasteiger partial charge in [-0.15, -0.1) is 0 Å². The number of benzene rings is 1. The molecule has 0 radical (unpaired) electrons. The van der Waals surface area contributed by atoms with Crippen LogP contribution in [0.5, 0.6) is 17.2 Å². The fourth-order valence-corrected chi connectivity index (χ4v) is 3.21. The lowest BCUT2D eigenvalue weighted by Gasteiger charge is -2.17. The molecule has 2 rings (SSSR count). The molecule has 0 saturated carbocycles. The van der Waals surface area contributed by atoms with Crippen LogP contribution in [0.1, 0.15) is 53.4 Å². The first-order valence-electron chi connectivity index (χ1n) is 10.2. The Kier molecular flexibility index (Phi) is 8.37. The van der Waals surface area contributed by atoms with Gasteiger partial charge in [-0.2, -0.15) is 0 Å². The van der Waals surface area contributed by atoms with Crippen LogP contribution in [0.2, 0.25) is 0 Å². The highest BCUT2D eigenvalue weighted by Crippen LogP contribution is 2.34. The average Bonchev–Trinajstić information content (AvgIpc) is 2.67. The monoisotopic (exact) mass is 399 g/mol. The van der Waals surface area contributed by atoms with Gasteiger partial charge in [-0.3, -0.25) is 4.79 Å². The van der Waals surface area contributed by atoms with E-state index in [9.17, 15) is 9.90 Å². The Morgan fingerprint density at radius 1 is 1.17 bits per heavy atom. The number of pyridine rings is 1. The van der Waals surface area contributed by atoms with Gasteiger partial charge >= 0.3 is 0 Å². The Morgan fingerprint density at radius 3 is 2.59 bits per heavy atom. The number of methoxy groups -OCH3 is 1. The van der Waals surface area contributed by atoms with E-state index in [0.717, 1.165) is 31.1 Å². The van der Waals surface area contributed by atoms with Gasteiger partial charge in [-0.1, -0.05) is 30.6 Å². The molecule has 158 valence electrons. The molecule has 0 spiro atoms. The zero-order valence-corrected chi connectivity index (χ0v) is 18.2.